The van der Waals surface area contributed by atoms with Crippen molar-refractivity contribution < 1.29 is 23.8 Å². The summed E-state index contributed by atoms with van der Waals surface area (Å²) in [5.74, 6) is 2.09. The van der Waals surface area contributed by atoms with E-state index >= 15 is 0 Å². The molecule has 0 radical (unpaired) electrons. The van der Waals surface area contributed by atoms with E-state index in [4.69, 9.17) is 14.2 Å². The maximum Gasteiger partial charge on any atom is 0.343 e. The number of esters is 2. The van der Waals surface area contributed by atoms with Crippen LogP contribution in [0.15, 0.2) is 85.1 Å². The van der Waals surface area contributed by atoms with E-state index in [9.17, 15) is 9.59 Å². The van der Waals surface area contributed by atoms with Crippen molar-refractivity contribution in [1.82, 2.24) is 0 Å². The predicted octanol–water partition coefficient (Wildman–Crippen LogP) is 10.7. The molecule has 0 atom stereocenters. The lowest BCUT2D eigenvalue weighted by Gasteiger charge is -2.16. The van der Waals surface area contributed by atoms with Gasteiger partial charge in [0.2, 0.25) is 0 Å². The van der Waals surface area contributed by atoms with Crippen LogP contribution < -0.4 is 14.2 Å². The first-order chi connectivity index (χ1) is 21.3. The molecule has 0 aliphatic heterocycles. The minimum atomic E-state index is -0.394. The van der Waals surface area contributed by atoms with Gasteiger partial charge in [0.25, 0.3) is 0 Å². The van der Waals surface area contributed by atoms with Crippen molar-refractivity contribution in [3.63, 3.8) is 0 Å². The van der Waals surface area contributed by atoms with E-state index in [1.807, 2.05) is 94.4 Å². The average molecular weight is 603 g/mol. The summed E-state index contributed by atoms with van der Waals surface area (Å²) in [7, 11) is 0. The van der Waals surface area contributed by atoms with Gasteiger partial charge in [-0.3, -0.25) is 4.79 Å². The molecule has 0 bridgehead atoms. The molecular weight excluding hydrogens is 560 g/mol. The van der Waals surface area contributed by atoms with E-state index in [0.717, 1.165) is 43.4 Å². The minimum absolute atomic E-state index is 0.169. The molecule has 0 aromatic heterocycles. The van der Waals surface area contributed by atoms with Gasteiger partial charge in [-0.25, -0.2) is 4.79 Å². The second-order valence-corrected chi connectivity index (χ2v) is 13.0. The Kier molecular flexibility index (Phi) is 9.01. The topological polar surface area (TPSA) is 61.8 Å². The summed E-state index contributed by atoms with van der Waals surface area (Å²) in [4.78, 5) is 25.9. The SMILES string of the molecule is C=C(Oc1ccc2c(c1)c1ccc(OC(=O)C(C)C)cc1c1ccc(OC(=O)c3cc(C(C)C)cc(C(C)C)c3)cc21)C(C)C. The number of fused-ring (bicyclic) bond motifs is 6. The van der Waals surface area contributed by atoms with Crippen molar-refractivity contribution in [1.29, 1.82) is 0 Å². The van der Waals surface area contributed by atoms with Gasteiger partial charge in [-0.05, 0) is 104 Å². The van der Waals surface area contributed by atoms with Crippen LogP contribution in [-0.2, 0) is 4.79 Å². The summed E-state index contributed by atoms with van der Waals surface area (Å²) >= 11 is 0. The Bertz CT molecular complexity index is 1860. The lowest BCUT2D eigenvalue weighted by Crippen LogP contribution is -2.14. The molecule has 0 spiro atoms. The molecule has 5 aromatic rings. The highest BCUT2D eigenvalue weighted by Gasteiger charge is 2.18. The zero-order chi connectivity index (χ0) is 32.6. The van der Waals surface area contributed by atoms with Gasteiger partial charge in [-0.15, -0.1) is 0 Å². The van der Waals surface area contributed by atoms with E-state index in [-0.39, 0.29) is 29.6 Å². The number of hydrogen-bond acceptors (Lipinski definition) is 5. The van der Waals surface area contributed by atoms with Gasteiger partial charge in [0.15, 0.2) is 0 Å². The Morgan fingerprint density at radius 1 is 0.511 bits per heavy atom. The maximum absolute atomic E-state index is 13.5. The summed E-state index contributed by atoms with van der Waals surface area (Å²) < 4.78 is 17.8. The zero-order valence-electron chi connectivity index (χ0n) is 27.5. The fourth-order valence-electron chi connectivity index (χ4n) is 5.26. The minimum Gasteiger partial charge on any atom is -0.462 e. The molecule has 0 aliphatic rings. The Morgan fingerprint density at radius 3 is 1.33 bits per heavy atom. The first-order valence-corrected chi connectivity index (χ1v) is 15.7. The summed E-state index contributed by atoms with van der Waals surface area (Å²) in [5, 5.41) is 5.69. The quantitative estimate of drug-likeness (QED) is 0.0727. The normalized spacial score (nSPS) is 11.7. The first-order valence-electron chi connectivity index (χ1n) is 15.7. The Balaban J connectivity index is 1.64. The van der Waals surface area contributed by atoms with Gasteiger partial charge in [0, 0.05) is 5.92 Å². The van der Waals surface area contributed by atoms with Gasteiger partial charge in [0.05, 0.1) is 17.2 Å². The van der Waals surface area contributed by atoms with E-state index in [1.165, 1.54) is 0 Å². The highest BCUT2D eigenvalue weighted by atomic mass is 16.5. The van der Waals surface area contributed by atoms with Crippen molar-refractivity contribution in [3.05, 3.63) is 102 Å². The monoisotopic (exact) mass is 602 g/mol. The molecule has 0 saturated heterocycles. The summed E-state index contributed by atoms with van der Waals surface area (Å²) in [6.45, 7) is 20.3. The molecule has 0 fully saturated rings. The van der Waals surface area contributed by atoms with Gasteiger partial charge in [0.1, 0.15) is 17.2 Å². The van der Waals surface area contributed by atoms with Crippen LogP contribution >= 0.6 is 0 Å². The van der Waals surface area contributed by atoms with E-state index in [1.54, 1.807) is 0 Å². The average Bonchev–Trinajstić information content (AvgIpc) is 3.00. The lowest BCUT2D eigenvalue weighted by molar-refractivity contribution is -0.137. The molecule has 5 heteroatoms. The zero-order valence-corrected chi connectivity index (χ0v) is 27.5. The number of carbonyl (C=O) groups excluding carboxylic acids is 2. The number of hydrogen-bond donors (Lipinski definition) is 0. The van der Waals surface area contributed by atoms with Crippen molar-refractivity contribution in [2.45, 2.75) is 67.2 Å². The maximum atomic E-state index is 13.5. The molecule has 232 valence electrons. The lowest BCUT2D eigenvalue weighted by atomic mass is 9.93. The van der Waals surface area contributed by atoms with Crippen molar-refractivity contribution in [3.8, 4) is 17.2 Å². The van der Waals surface area contributed by atoms with E-state index in [0.29, 0.717) is 28.6 Å². The second-order valence-electron chi connectivity index (χ2n) is 13.0. The third kappa shape index (κ3) is 6.73. The van der Waals surface area contributed by atoms with Crippen LogP contribution in [0.4, 0.5) is 0 Å². The molecule has 5 nitrogen and oxygen atoms in total. The number of rotatable bonds is 9. The second kappa shape index (κ2) is 12.8. The summed E-state index contributed by atoms with van der Waals surface area (Å²) in [5.41, 5.74) is 2.75. The highest BCUT2D eigenvalue weighted by Crippen LogP contribution is 2.40. The molecule has 0 heterocycles. The van der Waals surface area contributed by atoms with Gasteiger partial charge in [-0.2, -0.15) is 0 Å². The molecule has 0 aliphatic carbocycles. The van der Waals surface area contributed by atoms with E-state index in [2.05, 4.69) is 40.3 Å². The first kappa shape index (κ1) is 31.8. The van der Waals surface area contributed by atoms with Crippen LogP contribution in [0.25, 0.3) is 32.3 Å². The fraction of sp³-hybridized carbons (Fsp3) is 0.300. The molecule has 45 heavy (non-hydrogen) atoms. The smallest absolute Gasteiger partial charge is 0.343 e. The molecule has 5 aromatic carbocycles. The summed E-state index contributed by atoms with van der Waals surface area (Å²) in [6, 6.07) is 23.4. The number of benzene rings is 5. The molecule has 0 N–H and O–H groups in total. The van der Waals surface area contributed by atoms with Crippen molar-refractivity contribution >= 4 is 44.3 Å². The number of ether oxygens (including phenoxy) is 3. The molecule has 0 saturated carbocycles. The number of allylic oxidation sites excluding steroid dienone is 1. The third-order valence-electron chi connectivity index (χ3n) is 8.18. The Morgan fingerprint density at radius 2 is 0.933 bits per heavy atom. The van der Waals surface area contributed by atoms with Crippen molar-refractivity contribution in [2.24, 2.45) is 11.8 Å². The standard InChI is InChI=1S/C40H42O5/c1-22(2)26(9)43-30-10-13-33-36(19-30)34-14-11-31(44-39(41)25(7)8)20-37(34)35-15-12-32(21-38(33)35)45-40(42)29-17-27(23(3)4)16-28(18-29)24(5)6/h10-25H,9H2,1-8H3. The van der Waals surface area contributed by atoms with Crippen LogP contribution in [0.1, 0.15) is 88.7 Å². The molecule has 0 unspecified atom stereocenters. The molecular formula is C40H42O5. The van der Waals surface area contributed by atoms with Gasteiger partial charge in [-0.1, -0.05) is 86.2 Å². The fourth-order valence-corrected chi connectivity index (χ4v) is 5.26. The Labute approximate surface area is 265 Å². The van der Waals surface area contributed by atoms with Gasteiger partial charge >= 0.3 is 11.9 Å². The van der Waals surface area contributed by atoms with Crippen LogP contribution in [0.2, 0.25) is 0 Å². The highest BCUT2D eigenvalue weighted by molar-refractivity contribution is 6.26. The third-order valence-corrected chi connectivity index (χ3v) is 8.18. The largest absolute Gasteiger partial charge is 0.462 e. The summed E-state index contributed by atoms with van der Waals surface area (Å²) in [6.07, 6.45) is 0. The van der Waals surface area contributed by atoms with Gasteiger partial charge < -0.3 is 14.2 Å². The van der Waals surface area contributed by atoms with E-state index < -0.39 is 5.97 Å². The predicted molar refractivity (Wildman–Crippen MR) is 184 cm³/mol. The molecule has 0 amide bonds. The Hall–Kier alpha value is -4.64. The van der Waals surface area contributed by atoms with Crippen LogP contribution in [-0.4, -0.2) is 11.9 Å². The number of carbonyl (C=O) groups is 2. The van der Waals surface area contributed by atoms with Crippen LogP contribution in [0, 0.1) is 11.8 Å². The molecule has 5 rings (SSSR count). The van der Waals surface area contributed by atoms with Crippen LogP contribution in [0.3, 0.4) is 0 Å². The van der Waals surface area contributed by atoms with Crippen LogP contribution in [0.5, 0.6) is 17.2 Å². The van der Waals surface area contributed by atoms with Crippen molar-refractivity contribution in [2.75, 3.05) is 0 Å².